The van der Waals surface area contributed by atoms with Gasteiger partial charge in [-0.05, 0) is 17.7 Å². The number of benzene rings is 3. The molecule has 4 aromatic rings. The number of aromatic amines is 1. The van der Waals surface area contributed by atoms with E-state index in [1.165, 1.54) is 11.1 Å². The summed E-state index contributed by atoms with van der Waals surface area (Å²) in [6, 6.07) is 23.0. The van der Waals surface area contributed by atoms with Crippen LogP contribution >= 0.6 is 0 Å². The minimum atomic E-state index is -0.736. The molecular formula is C29H26FN3O2. The van der Waals surface area contributed by atoms with Crippen molar-refractivity contribution in [3.8, 4) is 11.1 Å². The lowest BCUT2D eigenvalue weighted by molar-refractivity contribution is -0.141. The van der Waals surface area contributed by atoms with Crippen molar-refractivity contribution in [3.05, 3.63) is 106 Å². The number of carbonyl (C=O) groups excluding carboxylic acids is 1. The topological polar surface area (TPSA) is 65.5 Å². The van der Waals surface area contributed by atoms with Crippen molar-refractivity contribution in [2.45, 2.75) is 33.2 Å². The molecule has 6 heteroatoms. The van der Waals surface area contributed by atoms with Crippen LogP contribution in [0, 0.1) is 11.2 Å². The van der Waals surface area contributed by atoms with Gasteiger partial charge in [0, 0.05) is 33.9 Å². The zero-order valence-electron chi connectivity index (χ0n) is 19.9. The molecule has 3 aromatic carbocycles. The molecule has 35 heavy (non-hydrogen) atoms. The van der Waals surface area contributed by atoms with Crippen LogP contribution in [-0.2, 0) is 4.79 Å². The van der Waals surface area contributed by atoms with Gasteiger partial charge in [-0.25, -0.2) is 9.40 Å². The van der Waals surface area contributed by atoms with E-state index in [2.05, 4.69) is 4.98 Å². The van der Waals surface area contributed by atoms with Crippen LogP contribution in [0.25, 0.3) is 22.0 Å². The molecule has 0 spiro atoms. The summed E-state index contributed by atoms with van der Waals surface area (Å²) in [5.41, 5.74) is 2.55. The van der Waals surface area contributed by atoms with Gasteiger partial charge in [0.1, 0.15) is 5.82 Å². The zero-order valence-corrected chi connectivity index (χ0v) is 19.9. The minimum Gasteiger partial charge on any atom is -0.321 e. The van der Waals surface area contributed by atoms with Gasteiger partial charge in [-0.3, -0.25) is 9.59 Å². The van der Waals surface area contributed by atoms with Crippen LogP contribution in [0.15, 0.2) is 88.8 Å². The van der Waals surface area contributed by atoms with E-state index >= 15 is 0 Å². The minimum absolute atomic E-state index is 0.226. The lowest BCUT2D eigenvalue weighted by Crippen LogP contribution is -2.36. The highest BCUT2D eigenvalue weighted by Gasteiger charge is 2.40. The second-order valence-electron chi connectivity index (χ2n) is 9.80. The molecule has 0 saturated carbocycles. The molecule has 1 N–H and O–H groups in total. The molecule has 0 radical (unpaired) electrons. The van der Waals surface area contributed by atoms with E-state index in [-0.39, 0.29) is 17.9 Å². The van der Waals surface area contributed by atoms with Gasteiger partial charge in [0.15, 0.2) is 0 Å². The summed E-state index contributed by atoms with van der Waals surface area (Å²) < 4.78 is 14.9. The van der Waals surface area contributed by atoms with Crippen molar-refractivity contribution in [2.24, 2.45) is 10.5 Å². The SMILES string of the molecule is CC(C)(C)C(=O)N1N=C(c2c(-c3ccccc3)c3ccccc3[nH]c2=O)C[C@@H]1c1ccccc1F. The molecule has 1 aromatic heterocycles. The molecule has 0 bridgehead atoms. The van der Waals surface area contributed by atoms with Gasteiger partial charge in [0.25, 0.3) is 5.56 Å². The molecule has 0 unspecified atom stereocenters. The first-order chi connectivity index (χ1) is 16.8. The quantitative estimate of drug-likeness (QED) is 0.398. The van der Waals surface area contributed by atoms with Gasteiger partial charge in [-0.1, -0.05) is 87.5 Å². The third-order valence-electron chi connectivity index (χ3n) is 6.30. The monoisotopic (exact) mass is 467 g/mol. The van der Waals surface area contributed by atoms with Crippen molar-refractivity contribution in [1.29, 1.82) is 0 Å². The number of pyridine rings is 1. The van der Waals surface area contributed by atoms with E-state index in [0.717, 1.165) is 16.5 Å². The van der Waals surface area contributed by atoms with Crippen LogP contribution in [0.5, 0.6) is 0 Å². The van der Waals surface area contributed by atoms with Crippen LogP contribution in [0.1, 0.15) is 44.4 Å². The summed E-state index contributed by atoms with van der Waals surface area (Å²) in [5, 5.41) is 6.92. The van der Waals surface area contributed by atoms with Gasteiger partial charge >= 0.3 is 0 Å². The highest BCUT2D eigenvalue weighted by molar-refractivity contribution is 6.13. The number of nitrogens with one attached hydrogen (secondary N) is 1. The number of fused-ring (bicyclic) bond motifs is 1. The third-order valence-corrected chi connectivity index (χ3v) is 6.30. The average Bonchev–Trinajstić information content (AvgIpc) is 3.27. The third kappa shape index (κ3) is 4.05. The molecule has 0 fully saturated rings. The Morgan fingerprint density at radius 3 is 2.31 bits per heavy atom. The first-order valence-corrected chi connectivity index (χ1v) is 11.6. The second-order valence-corrected chi connectivity index (χ2v) is 9.80. The summed E-state index contributed by atoms with van der Waals surface area (Å²) in [4.78, 5) is 29.9. The largest absolute Gasteiger partial charge is 0.321 e. The second kappa shape index (κ2) is 8.62. The lowest BCUT2D eigenvalue weighted by Gasteiger charge is -2.28. The molecule has 0 saturated heterocycles. The number of hydrogen-bond acceptors (Lipinski definition) is 3. The van der Waals surface area contributed by atoms with Crippen molar-refractivity contribution in [1.82, 2.24) is 9.99 Å². The smallest absolute Gasteiger partial charge is 0.258 e. The fourth-order valence-corrected chi connectivity index (χ4v) is 4.60. The summed E-state index contributed by atoms with van der Waals surface area (Å²) in [5.74, 6) is -0.643. The molecule has 2 heterocycles. The number of amides is 1. The first kappa shape index (κ1) is 22.7. The van der Waals surface area contributed by atoms with Crippen molar-refractivity contribution in [2.75, 3.05) is 0 Å². The van der Waals surface area contributed by atoms with Crippen molar-refractivity contribution < 1.29 is 9.18 Å². The molecule has 5 nitrogen and oxygen atoms in total. The van der Waals surface area contributed by atoms with Crippen molar-refractivity contribution >= 4 is 22.5 Å². The Kier molecular flexibility index (Phi) is 5.59. The fraction of sp³-hybridized carbons (Fsp3) is 0.207. The van der Waals surface area contributed by atoms with Crippen LogP contribution in [-0.4, -0.2) is 21.6 Å². The standard InChI is InChI=1S/C29H26FN3O2/c1-29(2,3)28(35)33-24(19-13-7-9-15-21(19)30)17-23(32-33)26-25(18-11-5-4-6-12-18)20-14-8-10-16-22(20)31-27(26)34/h4-16,24H,17H2,1-3H3,(H,31,34)/t24-/m1/s1. The number of halogens is 1. The van der Waals surface area contributed by atoms with Crippen LogP contribution in [0.3, 0.4) is 0 Å². The molecule has 5 rings (SSSR count). The fourth-order valence-electron chi connectivity index (χ4n) is 4.60. The molecule has 1 atom stereocenters. The zero-order chi connectivity index (χ0) is 24.7. The number of H-pyrrole nitrogens is 1. The van der Waals surface area contributed by atoms with Gasteiger partial charge in [-0.2, -0.15) is 5.10 Å². The number of hydrogen-bond donors (Lipinski definition) is 1. The van der Waals surface area contributed by atoms with E-state index in [0.29, 0.717) is 22.4 Å². The molecule has 176 valence electrons. The Morgan fingerprint density at radius 2 is 1.60 bits per heavy atom. The maximum atomic E-state index is 14.9. The predicted octanol–water partition coefficient (Wildman–Crippen LogP) is 6.06. The van der Waals surface area contributed by atoms with E-state index in [1.807, 2.05) is 54.6 Å². The van der Waals surface area contributed by atoms with Crippen LogP contribution in [0.4, 0.5) is 4.39 Å². The van der Waals surface area contributed by atoms with Crippen LogP contribution in [0.2, 0.25) is 0 Å². The normalized spacial score (nSPS) is 15.9. The maximum Gasteiger partial charge on any atom is 0.258 e. The van der Waals surface area contributed by atoms with Gasteiger partial charge in [-0.15, -0.1) is 0 Å². The summed E-state index contributed by atoms with van der Waals surface area (Å²) in [6.07, 6.45) is 0.226. The summed E-state index contributed by atoms with van der Waals surface area (Å²) in [7, 11) is 0. The highest BCUT2D eigenvalue weighted by Crippen LogP contribution is 2.39. The van der Waals surface area contributed by atoms with E-state index in [4.69, 9.17) is 5.10 Å². The number of hydrazone groups is 1. The summed E-state index contributed by atoms with van der Waals surface area (Å²) >= 11 is 0. The summed E-state index contributed by atoms with van der Waals surface area (Å²) in [6.45, 7) is 5.42. The predicted molar refractivity (Wildman–Crippen MR) is 137 cm³/mol. The van der Waals surface area contributed by atoms with Gasteiger partial charge in [0.2, 0.25) is 5.91 Å². The number of aromatic nitrogens is 1. The average molecular weight is 468 g/mol. The van der Waals surface area contributed by atoms with Crippen molar-refractivity contribution in [3.63, 3.8) is 0 Å². The Hall–Kier alpha value is -4.06. The maximum absolute atomic E-state index is 14.9. The highest BCUT2D eigenvalue weighted by atomic mass is 19.1. The number of carbonyl (C=O) groups is 1. The number of rotatable bonds is 3. The van der Waals surface area contributed by atoms with Gasteiger partial charge in [0.05, 0.1) is 17.3 Å². The Morgan fingerprint density at radius 1 is 0.943 bits per heavy atom. The first-order valence-electron chi connectivity index (χ1n) is 11.6. The van der Waals surface area contributed by atoms with E-state index in [1.54, 1.807) is 39.0 Å². The van der Waals surface area contributed by atoms with Crippen LogP contribution < -0.4 is 5.56 Å². The molecule has 0 aliphatic carbocycles. The number of para-hydroxylation sites is 1. The van der Waals surface area contributed by atoms with E-state index in [9.17, 15) is 14.0 Å². The Balaban J connectivity index is 1.75. The molecule has 1 amide bonds. The Labute approximate surface area is 202 Å². The Bertz CT molecular complexity index is 1520. The molecular weight excluding hydrogens is 441 g/mol. The van der Waals surface area contributed by atoms with E-state index < -0.39 is 17.3 Å². The van der Waals surface area contributed by atoms with Gasteiger partial charge < -0.3 is 4.98 Å². The molecule has 1 aliphatic rings. The molecule has 1 aliphatic heterocycles. The lowest BCUT2D eigenvalue weighted by atomic mass is 9.90. The number of nitrogens with zero attached hydrogens (tertiary/aromatic N) is 2.